The smallest absolute Gasteiger partial charge is 0.261 e. The second-order valence-electron chi connectivity index (χ2n) is 5.84. The van der Waals surface area contributed by atoms with Crippen LogP contribution in [-0.2, 0) is 14.3 Å². The van der Waals surface area contributed by atoms with E-state index < -0.39 is 0 Å². The number of carbonyl (C=O) groups is 4. The number of rotatable bonds is 6. The van der Waals surface area contributed by atoms with Crippen molar-refractivity contribution in [1.29, 1.82) is 0 Å². The topological polar surface area (TPSA) is 96.0 Å². The van der Waals surface area contributed by atoms with E-state index in [0.29, 0.717) is 37.4 Å². The quantitative estimate of drug-likeness (QED) is 0.711. The molecule has 2 aliphatic heterocycles. The number of hydrogen-bond acceptors (Lipinski definition) is 5. The highest BCUT2D eigenvalue weighted by atomic mass is 16.5. The van der Waals surface area contributed by atoms with E-state index in [9.17, 15) is 19.2 Å². The van der Waals surface area contributed by atoms with Gasteiger partial charge >= 0.3 is 0 Å². The molecule has 0 unspecified atom stereocenters. The standard InChI is InChI=1S/C17H19N3O5/c21-14(18-6-8-19-9-10-25-11-15(19)22)5-7-20-16(23)12-3-1-2-4-13(12)17(20)24/h1-4H,5-11H2,(H,18,21). The molecule has 2 heterocycles. The van der Waals surface area contributed by atoms with Gasteiger partial charge in [0.2, 0.25) is 11.8 Å². The molecule has 0 bridgehead atoms. The van der Waals surface area contributed by atoms with Gasteiger partial charge in [0.25, 0.3) is 11.8 Å². The van der Waals surface area contributed by atoms with Crippen LogP contribution in [0.4, 0.5) is 0 Å². The van der Waals surface area contributed by atoms with Crippen LogP contribution in [0, 0.1) is 0 Å². The Morgan fingerprint density at radius 2 is 1.76 bits per heavy atom. The Balaban J connectivity index is 1.43. The van der Waals surface area contributed by atoms with Crippen LogP contribution in [0.5, 0.6) is 0 Å². The van der Waals surface area contributed by atoms with Crippen LogP contribution in [0.1, 0.15) is 27.1 Å². The second-order valence-corrected chi connectivity index (χ2v) is 5.84. The van der Waals surface area contributed by atoms with E-state index >= 15 is 0 Å². The summed E-state index contributed by atoms with van der Waals surface area (Å²) in [6, 6.07) is 6.62. The lowest BCUT2D eigenvalue weighted by atomic mass is 10.1. The number of carbonyl (C=O) groups excluding carboxylic acids is 4. The highest BCUT2D eigenvalue weighted by molar-refractivity contribution is 6.21. The highest BCUT2D eigenvalue weighted by Crippen LogP contribution is 2.22. The zero-order valence-electron chi connectivity index (χ0n) is 13.7. The molecule has 1 N–H and O–H groups in total. The molecule has 132 valence electrons. The molecule has 2 aliphatic rings. The van der Waals surface area contributed by atoms with Gasteiger partial charge in [0.05, 0.1) is 17.7 Å². The molecule has 0 saturated carbocycles. The van der Waals surface area contributed by atoms with Crippen LogP contribution < -0.4 is 5.32 Å². The lowest BCUT2D eigenvalue weighted by Gasteiger charge is -2.26. The van der Waals surface area contributed by atoms with Gasteiger partial charge < -0.3 is 15.0 Å². The molecule has 0 aromatic heterocycles. The summed E-state index contributed by atoms with van der Waals surface area (Å²) in [6.07, 6.45) is 0.0303. The average Bonchev–Trinajstić information content (AvgIpc) is 2.86. The van der Waals surface area contributed by atoms with E-state index in [2.05, 4.69) is 5.32 Å². The Kier molecular flexibility index (Phi) is 5.08. The minimum absolute atomic E-state index is 0.0303. The lowest BCUT2D eigenvalue weighted by Crippen LogP contribution is -2.45. The first-order valence-corrected chi connectivity index (χ1v) is 8.15. The minimum Gasteiger partial charge on any atom is -0.370 e. The summed E-state index contributed by atoms with van der Waals surface area (Å²) in [4.78, 5) is 50.6. The maximum absolute atomic E-state index is 12.2. The van der Waals surface area contributed by atoms with Gasteiger partial charge in [-0.15, -0.1) is 0 Å². The number of nitrogens with one attached hydrogen (secondary N) is 1. The van der Waals surface area contributed by atoms with E-state index in [1.807, 2.05) is 0 Å². The summed E-state index contributed by atoms with van der Waals surface area (Å²) in [6.45, 7) is 1.87. The molecule has 0 aliphatic carbocycles. The molecule has 0 atom stereocenters. The molecular weight excluding hydrogens is 326 g/mol. The lowest BCUT2D eigenvalue weighted by molar-refractivity contribution is -0.142. The molecule has 25 heavy (non-hydrogen) atoms. The molecule has 4 amide bonds. The number of nitrogens with zero attached hydrogens (tertiary/aromatic N) is 2. The van der Waals surface area contributed by atoms with Gasteiger partial charge in [-0.1, -0.05) is 12.1 Å². The summed E-state index contributed by atoms with van der Waals surface area (Å²) < 4.78 is 5.03. The van der Waals surface area contributed by atoms with E-state index in [-0.39, 0.29) is 43.2 Å². The van der Waals surface area contributed by atoms with E-state index in [4.69, 9.17) is 4.74 Å². The fraction of sp³-hybridized carbons (Fsp3) is 0.412. The van der Waals surface area contributed by atoms with E-state index in [1.165, 1.54) is 0 Å². The predicted octanol–water partition coefficient (Wildman–Crippen LogP) is -0.352. The number of amides is 4. The minimum atomic E-state index is -0.368. The molecule has 1 fully saturated rings. The van der Waals surface area contributed by atoms with Crippen molar-refractivity contribution >= 4 is 23.6 Å². The number of benzene rings is 1. The Morgan fingerprint density at radius 3 is 2.40 bits per heavy atom. The second kappa shape index (κ2) is 7.43. The van der Waals surface area contributed by atoms with Crippen LogP contribution in [0.2, 0.25) is 0 Å². The van der Waals surface area contributed by atoms with Crippen LogP contribution in [0.3, 0.4) is 0 Å². The van der Waals surface area contributed by atoms with Gasteiger partial charge in [0.15, 0.2) is 0 Å². The fourth-order valence-corrected chi connectivity index (χ4v) is 2.86. The summed E-state index contributed by atoms with van der Waals surface area (Å²) in [5.41, 5.74) is 0.748. The van der Waals surface area contributed by atoms with Crippen molar-refractivity contribution in [3.63, 3.8) is 0 Å². The van der Waals surface area contributed by atoms with Crippen molar-refractivity contribution in [3.8, 4) is 0 Å². The van der Waals surface area contributed by atoms with Crippen molar-refractivity contribution < 1.29 is 23.9 Å². The SMILES string of the molecule is O=C(CCN1C(=O)c2ccccc2C1=O)NCCN1CCOCC1=O. The Hall–Kier alpha value is -2.74. The number of imide groups is 1. The maximum atomic E-state index is 12.2. The number of fused-ring (bicyclic) bond motifs is 1. The zero-order valence-corrected chi connectivity index (χ0v) is 13.7. The van der Waals surface area contributed by atoms with E-state index in [1.54, 1.807) is 29.2 Å². The molecule has 8 nitrogen and oxygen atoms in total. The van der Waals surface area contributed by atoms with Crippen molar-refractivity contribution in [2.75, 3.05) is 39.4 Å². The van der Waals surface area contributed by atoms with Gasteiger partial charge in [-0.3, -0.25) is 24.1 Å². The molecule has 1 aromatic rings. The van der Waals surface area contributed by atoms with Crippen LogP contribution >= 0.6 is 0 Å². The third-order valence-electron chi connectivity index (χ3n) is 4.23. The number of morpholine rings is 1. The van der Waals surface area contributed by atoms with Crippen molar-refractivity contribution in [3.05, 3.63) is 35.4 Å². The third kappa shape index (κ3) is 3.69. The zero-order chi connectivity index (χ0) is 17.8. The molecule has 1 saturated heterocycles. The first-order valence-electron chi connectivity index (χ1n) is 8.15. The summed E-state index contributed by atoms with van der Waals surface area (Å²) in [5.74, 6) is -1.09. The molecule has 0 radical (unpaired) electrons. The van der Waals surface area contributed by atoms with Gasteiger partial charge in [0, 0.05) is 32.6 Å². The maximum Gasteiger partial charge on any atom is 0.261 e. The van der Waals surface area contributed by atoms with Gasteiger partial charge in [0.1, 0.15) is 6.61 Å². The van der Waals surface area contributed by atoms with Crippen LogP contribution in [0.15, 0.2) is 24.3 Å². The number of hydrogen-bond donors (Lipinski definition) is 1. The average molecular weight is 345 g/mol. The molecular formula is C17H19N3O5. The largest absolute Gasteiger partial charge is 0.370 e. The molecule has 8 heteroatoms. The third-order valence-corrected chi connectivity index (χ3v) is 4.23. The highest BCUT2D eigenvalue weighted by Gasteiger charge is 2.34. The molecule has 0 spiro atoms. The first-order chi connectivity index (χ1) is 12.1. The Bertz CT molecular complexity index is 683. The van der Waals surface area contributed by atoms with Gasteiger partial charge in [-0.25, -0.2) is 0 Å². The summed E-state index contributed by atoms with van der Waals surface area (Å²) in [7, 11) is 0. The summed E-state index contributed by atoms with van der Waals surface area (Å²) in [5, 5.41) is 2.70. The normalized spacial score (nSPS) is 17.0. The molecule has 3 rings (SSSR count). The summed E-state index contributed by atoms with van der Waals surface area (Å²) >= 11 is 0. The predicted molar refractivity (Wildman–Crippen MR) is 86.8 cm³/mol. The van der Waals surface area contributed by atoms with Crippen LogP contribution in [-0.4, -0.2) is 72.8 Å². The monoisotopic (exact) mass is 345 g/mol. The fourth-order valence-electron chi connectivity index (χ4n) is 2.86. The molecule has 1 aromatic carbocycles. The van der Waals surface area contributed by atoms with Crippen molar-refractivity contribution in [2.45, 2.75) is 6.42 Å². The number of ether oxygens (including phenoxy) is 1. The van der Waals surface area contributed by atoms with Gasteiger partial charge in [-0.2, -0.15) is 0 Å². The van der Waals surface area contributed by atoms with Crippen LogP contribution in [0.25, 0.3) is 0 Å². The Morgan fingerprint density at radius 1 is 1.08 bits per heavy atom. The van der Waals surface area contributed by atoms with Crippen molar-refractivity contribution in [2.24, 2.45) is 0 Å². The first kappa shape index (κ1) is 17.1. The van der Waals surface area contributed by atoms with E-state index in [0.717, 1.165) is 4.90 Å². The Labute approximate surface area is 144 Å². The van der Waals surface area contributed by atoms with Crippen molar-refractivity contribution in [1.82, 2.24) is 15.1 Å². The van der Waals surface area contributed by atoms with Gasteiger partial charge in [-0.05, 0) is 12.1 Å².